The lowest BCUT2D eigenvalue weighted by atomic mass is 9.95. The van der Waals surface area contributed by atoms with E-state index >= 15 is 0 Å². The second kappa shape index (κ2) is 5.83. The molecule has 0 aromatic heterocycles. The molecule has 2 rings (SSSR count). The Bertz CT molecular complexity index is 364. The lowest BCUT2D eigenvalue weighted by Crippen LogP contribution is -2.38. The van der Waals surface area contributed by atoms with Crippen LogP contribution in [0.1, 0.15) is 31.7 Å². The van der Waals surface area contributed by atoms with Gasteiger partial charge in [-0.15, -0.1) is 0 Å². The molecular weight excluding hydrogens is 226 g/mol. The molecule has 1 aliphatic carbocycles. The standard InChI is InChI=1S/C15H23NO2/c1-15(18,13-7-3-2-4-8-13)11-16-10-12-6-5-9-14(12)17/h2-4,7-8,12,14,16-18H,5-6,9-11H2,1H3. The van der Waals surface area contributed by atoms with Gasteiger partial charge in [0.25, 0.3) is 0 Å². The van der Waals surface area contributed by atoms with Gasteiger partial charge < -0.3 is 15.5 Å². The summed E-state index contributed by atoms with van der Waals surface area (Å²) in [4.78, 5) is 0. The first-order valence-electron chi connectivity index (χ1n) is 6.76. The number of benzene rings is 1. The average Bonchev–Trinajstić information content (AvgIpc) is 2.76. The van der Waals surface area contributed by atoms with Crippen molar-refractivity contribution in [3.05, 3.63) is 35.9 Å². The predicted octanol–water partition coefficient (Wildman–Crippen LogP) is 1.64. The normalized spacial score (nSPS) is 27.1. The van der Waals surface area contributed by atoms with Crippen molar-refractivity contribution in [2.24, 2.45) is 5.92 Å². The second-order valence-corrected chi connectivity index (χ2v) is 5.53. The Morgan fingerprint density at radius 1 is 1.28 bits per heavy atom. The van der Waals surface area contributed by atoms with Crippen LogP contribution in [0.2, 0.25) is 0 Å². The quantitative estimate of drug-likeness (QED) is 0.743. The number of hydrogen-bond donors (Lipinski definition) is 3. The number of rotatable bonds is 5. The highest BCUT2D eigenvalue weighted by molar-refractivity contribution is 5.21. The van der Waals surface area contributed by atoms with Gasteiger partial charge in [-0.2, -0.15) is 0 Å². The molecule has 0 aliphatic heterocycles. The van der Waals surface area contributed by atoms with E-state index in [1.165, 1.54) is 0 Å². The van der Waals surface area contributed by atoms with Crippen molar-refractivity contribution in [2.45, 2.75) is 37.9 Å². The van der Waals surface area contributed by atoms with Gasteiger partial charge in [-0.25, -0.2) is 0 Å². The van der Waals surface area contributed by atoms with Crippen LogP contribution in [-0.2, 0) is 5.60 Å². The van der Waals surface area contributed by atoms with Crippen LogP contribution in [0.3, 0.4) is 0 Å². The molecular formula is C15H23NO2. The minimum atomic E-state index is -0.856. The summed E-state index contributed by atoms with van der Waals surface area (Å²) in [6.07, 6.45) is 2.95. The first-order valence-corrected chi connectivity index (χ1v) is 6.76. The van der Waals surface area contributed by atoms with Crippen molar-refractivity contribution < 1.29 is 10.2 Å². The maximum Gasteiger partial charge on any atom is 0.0992 e. The lowest BCUT2D eigenvalue weighted by molar-refractivity contribution is 0.0528. The fourth-order valence-corrected chi connectivity index (χ4v) is 2.66. The van der Waals surface area contributed by atoms with Gasteiger partial charge in [-0.3, -0.25) is 0 Å². The minimum Gasteiger partial charge on any atom is -0.393 e. The van der Waals surface area contributed by atoms with E-state index in [4.69, 9.17) is 0 Å². The summed E-state index contributed by atoms with van der Waals surface area (Å²) in [6, 6.07) is 9.69. The third kappa shape index (κ3) is 3.31. The Hall–Kier alpha value is -0.900. The largest absolute Gasteiger partial charge is 0.393 e. The highest BCUT2D eigenvalue weighted by Gasteiger charge is 2.27. The van der Waals surface area contributed by atoms with Gasteiger partial charge in [-0.05, 0) is 31.2 Å². The maximum absolute atomic E-state index is 10.4. The molecule has 1 aromatic rings. The van der Waals surface area contributed by atoms with Gasteiger partial charge in [0.15, 0.2) is 0 Å². The molecule has 1 fully saturated rings. The van der Waals surface area contributed by atoms with Crippen LogP contribution in [0.5, 0.6) is 0 Å². The molecule has 1 aliphatic rings. The topological polar surface area (TPSA) is 52.5 Å². The summed E-state index contributed by atoms with van der Waals surface area (Å²) in [6.45, 7) is 3.12. The summed E-state index contributed by atoms with van der Waals surface area (Å²) in [5.41, 5.74) is 0.0645. The summed E-state index contributed by atoms with van der Waals surface area (Å²) in [5.74, 6) is 0.344. The second-order valence-electron chi connectivity index (χ2n) is 5.53. The van der Waals surface area contributed by atoms with Crippen LogP contribution in [0.25, 0.3) is 0 Å². The van der Waals surface area contributed by atoms with Crippen molar-refractivity contribution in [3.8, 4) is 0 Å². The third-order valence-corrected chi connectivity index (χ3v) is 3.89. The van der Waals surface area contributed by atoms with Crippen LogP contribution >= 0.6 is 0 Å². The van der Waals surface area contributed by atoms with Gasteiger partial charge in [0, 0.05) is 13.1 Å². The van der Waals surface area contributed by atoms with Crippen LogP contribution in [-0.4, -0.2) is 29.4 Å². The Morgan fingerprint density at radius 3 is 2.61 bits per heavy atom. The Morgan fingerprint density at radius 2 is 2.00 bits per heavy atom. The van der Waals surface area contributed by atoms with E-state index in [2.05, 4.69) is 5.32 Å². The van der Waals surface area contributed by atoms with Crippen molar-refractivity contribution in [1.82, 2.24) is 5.32 Å². The van der Waals surface area contributed by atoms with Crippen molar-refractivity contribution in [2.75, 3.05) is 13.1 Å². The van der Waals surface area contributed by atoms with Crippen LogP contribution in [0, 0.1) is 5.92 Å². The lowest BCUT2D eigenvalue weighted by Gasteiger charge is -2.25. The molecule has 0 bridgehead atoms. The number of aliphatic hydroxyl groups is 2. The first-order chi connectivity index (χ1) is 8.59. The zero-order chi connectivity index (χ0) is 13.0. The zero-order valence-electron chi connectivity index (χ0n) is 11.0. The van der Waals surface area contributed by atoms with Crippen molar-refractivity contribution >= 4 is 0 Å². The molecule has 3 N–H and O–H groups in total. The fraction of sp³-hybridized carbons (Fsp3) is 0.600. The SMILES string of the molecule is CC(O)(CNCC1CCCC1O)c1ccccc1. The third-order valence-electron chi connectivity index (χ3n) is 3.89. The molecule has 3 nitrogen and oxygen atoms in total. The van der Waals surface area contributed by atoms with E-state index < -0.39 is 5.60 Å². The van der Waals surface area contributed by atoms with E-state index in [-0.39, 0.29) is 6.10 Å². The highest BCUT2D eigenvalue weighted by atomic mass is 16.3. The van der Waals surface area contributed by atoms with Gasteiger partial charge in [0.1, 0.15) is 0 Å². The Balaban J connectivity index is 1.82. The minimum absolute atomic E-state index is 0.167. The molecule has 1 aromatic carbocycles. The Kier molecular flexibility index (Phi) is 4.38. The maximum atomic E-state index is 10.4. The number of nitrogens with one attached hydrogen (secondary N) is 1. The van der Waals surface area contributed by atoms with E-state index in [0.29, 0.717) is 12.5 Å². The fourth-order valence-electron chi connectivity index (χ4n) is 2.66. The predicted molar refractivity (Wildman–Crippen MR) is 72.2 cm³/mol. The summed E-state index contributed by atoms with van der Waals surface area (Å²) in [5, 5.41) is 23.4. The first kappa shape index (κ1) is 13.5. The Labute approximate surface area is 109 Å². The smallest absolute Gasteiger partial charge is 0.0992 e. The molecule has 3 unspecified atom stereocenters. The monoisotopic (exact) mass is 249 g/mol. The molecule has 0 heterocycles. The molecule has 0 saturated heterocycles. The zero-order valence-corrected chi connectivity index (χ0v) is 11.0. The van der Waals surface area contributed by atoms with E-state index in [1.54, 1.807) is 0 Å². The van der Waals surface area contributed by atoms with E-state index in [1.807, 2.05) is 37.3 Å². The molecule has 18 heavy (non-hydrogen) atoms. The number of hydrogen-bond acceptors (Lipinski definition) is 3. The molecule has 0 spiro atoms. The molecule has 0 radical (unpaired) electrons. The van der Waals surface area contributed by atoms with Crippen LogP contribution in [0.15, 0.2) is 30.3 Å². The van der Waals surface area contributed by atoms with Crippen LogP contribution < -0.4 is 5.32 Å². The van der Waals surface area contributed by atoms with Gasteiger partial charge in [0.2, 0.25) is 0 Å². The highest BCUT2D eigenvalue weighted by Crippen LogP contribution is 2.25. The summed E-state index contributed by atoms with van der Waals surface area (Å²) in [7, 11) is 0. The average molecular weight is 249 g/mol. The summed E-state index contributed by atoms with van der Waals surface area (Å²) >= 11 is 0. The van der Waals surface area contributed by atoms with Crippen molar-refractivity contribution in [1.29, 1.82) is 0 Å². The number of aliphatic hydroxyl groups excluding tert-OH is 1. The van der Waals surface area contributed by atoms with Gasteiger partial charge in [-0.1, -0.05) is 36.8 Å². The molecule has 0 amide bonds. The molecule has 1 saturated carbocycles. The van der Waals surface area contributed by atoms with E-state index in [9.17, 15) is 10.2 Å². The molecule has 3 atom stereocenters. The van der Waals surface area contributed by atoms with Crippen molar-refractivity contribution in [3.63, 3.8) is 0 Å². The summed E-state index contributed by atoms with van der Waals surface area (Å²) < 4.78 is 0. The van der Waals surface area contributed by atoms with E-state index in [0.717, 1.165) is 31.4 Å². The van der Waals surface area contributed by atoms with Gasteiger partial charge >= 0.3 is 0 Å². The van der Waals surface area contributed by atoms with Gasteiger partial charge in [0.05, 0.1) is 11.7 Å². The molecule has 100 valence electrons. The molecule has 3 heteroatoms. The van der Waals surface area contributed by atoms with Crippen LogP contribution in [0.4, 0.5) is 0 Å².